The van der Waals surface area contributed by atoms with Crippen LogP contribution >= 0.6 is 11.6 Å². The van der Waals surface area contributed by atoms with Gasteiger partial charge < -0.3 is 4.90 Å². The minimum absolute atomic E-state index is 0.00832. The van der Waals surface area contributed by atoms with E-state index >= 15 is 0 Å². The Bertz CT molecular complexity index is 625. The summed E-state index contributed by atoms with van der Waals surface area (Å²) in [4.78, 5) is 18.4. The maximum Gasteiger partial charge on any atom is 0.255 e. The van der Waals surface area contributed by atoms with Crippen molar-refractivity contribution in [2.75, 3.05) is 13.6 Å². The van der Waals surface area contributed by atoms with Crippen molar-refractivity contribution >= 4 is 28.3 Å². The number of amides is 1. The van der Waals surface area contributed by atoms with E-state index in [0.29, 0.717) is 16.6 Å². The summed E-state index contributed by atoms with van der Waals surface area (Å²) in [6.45, 7) is 5.04. The van der Waals surface area contributed by atoms with Gasteiger partial charge in [0.1, 0.15) is 5.15 Å². The number of aromatic nitrogens is 1. The SMILES string of the molecule is CC(C)CCN(C)C(=O)c1cnc(Cl)c2ccccc12. The predicted molar refractivity (Wildman–Crippen MR) is 83.2 cm³/mol. The Hall–Kier alpha value is -1.61. The van der Waals surface area contributed by atoms with Crippen molar-refractivity contribution in [3.05, 3.63) is 41.2 Å². The summed E-state index contributed by atoms with van der Waals surface area (Å²) in [5.41, 5.74) is 0.608. The summed E-state index contributed by atoms with van der Waals surface area (Å²) < 4.78 is 0. The first-order valence-electron chi connectivity index (χ1n) is 6.79. The second-order valence-electron chi connectivity index (χ2n) is 5.42. The van der Waals surface area contributed by atoms with Gasteiger partial charge >= 0.3 is 0 Å². The van der Waals surface area contributed by atoms with E-state index < -0.39 is 0 Å². The van der Waals surface area contributed by atoms with Crippen molar-refractivity contribution in [2.45, 2.75) is 20.3 Å². The molecule has 3 nitrogen and oxygen atoms in total. The van der Waals surface area contributed by atoms with E-state index in [1.807, 2.05) is 31.3 Å². The van der Waals surface area contributed by atoms with Crippen LogP contribution in [0.3, 0.4) is 0 Å². The van der Waals surface area contributed by atoms with E-state index in [1.54, 1.807) is 11.1 Å². The predicted octanol–water partition coefficient (Wildman–Crippen LogP) is 4.01. The number of halogens is 1. The molecule has 0 aliphatic carbocycles. The molecule has 1 aromatic carbocycles. The van der Waals surface area contributed by atoms with Gasteiger partial charge in [-0.1, -0.05) is 49.7 Å². The van der Waals surface area contributed by atoms with E-state index in [2.05, 4.69) is 18.8 Å². The molecule has 0 N–H and O–H groups in total. The molecular formula is C16H19ClN2O. The lowest BCUT2D eigenvalue weighted by Gasteiger charge is -2.19. The number of carbonyl (C=O) groups excluding carboxylic acids is 1. The summed E-state index contributed by atoms with van der Waals surface area (Å²) >= 11 is 6.08. The summed E-state index contributed by atoms with van der Waals surface area (Å²) in [5.74, 6) is 0.566. The summed E-state index contributed by atoms with van der Waals surface area (Å²) in [5, 5.41) is 2.10. The van der Waals surface area contributed by atoms with Crippen LogP contribution in [0.5, 0.6) is 0 Å². The highest BCUT2D eigenvalue weighted by Gasteiger charge is 2.16. The zero-order valence-corrected chi connectivity index (χ0v) is 12.8. The molecule has 1 amide bonds. The average Bonchev–Trinajstić information content (AvgIpc) is 2.44. The summed E-state index contributed by atoms with van der Waals surface area (Å²) in [6, 6.07) is 7.60. The first kappa shape index (κ1) is 14.8. The molecule has 0 bridgehead atoms. The number of hydrogen-bond donors (Lipinski definition) is 0. The number of nitrogens with zero attached hydrogens (tertiary/aromatic N) is 2. The molecular weight excluding hydrogens is 272 g/mol. The van der Waals surface area contributed by atoms with E-state index in [1.165, 1.54) is 0 Å². The average molecular weight is 291 g/mol. The smallest absolute Gasteiger partial charge is 0.255 e. The molecule has 2 aromatic rings. The zero-order valence-electron chi connectivity index (χ0n) is 12.1. The molecule has 0 aliphatic rings. The molecule has 0 saturated carbocycles. The molecule has 0 fully saturated rings. The molecule has 20 heavy (non-hydrogen) atoms. The van der Waals surface area contributed by atoms with Crippen molar-refractivity contribution in [2.24, 2.45) is 5.92 Å². The molecule has 106 valence electrons. The Morgan fingerprint density at radius 2 is 1.95 bits per heavy atom. The number of pyridine rings is 1. The Morgan fingerprint density at radius 1 is 1.30 bits per heavy atom. The standard InChI is InChI=1S/C16H19ClN2O/c1-11(2)8-9-19(3)16(20)14-10-18-15(17)13-7-5-4-6-12(13)14/h4-7,10-11H,8-9H2,1-3H3. The van der Waals surface area contributed by atoms with E-state index in [4.69, 9.17) is 11.6 Å². The highest BCUT2D eigenvalue weighted by Crippen LogP contribution is 2.25. The first-order valence-corrected chi connectivity index (χ1v) is 7.17. The third-order valence-corrected chi connectivity index (χ3v) is 3.67. The largest absolute Gasteiger partial charge is 0.342 e. The van der Waals surface area contributed by atoms with Gasteiger partial charge in [-0.15, -0.1) is 0 Å². The molecule has 0 saturated heterocycles. The van der Waals surface area contributed by atoms with Crippen LogP contribution < -0.4 is 0 Å². The summed E-state index contributed by atoms with van der Waals surface area (Å²) in [6.07, 6.45) is 2.56. The molecule has 1 heterocycles. The van der Waals surface area contributed by atoms with Gasteiger partial charge in [0.2, 0.25) is 0 Å². The number of fused-ring (bicyclic) bond motifs is 1. The first-order chi connectivity index (χ1) is 9.50. The maximum atomic E-state index is 12.5. The fraction of sp³-hybridized carbons (Fsp3) is 0.375. The van der Waals surface area contributed by atoms with Crippen molar-refractivity contribution in [3.8, 4) is 0 Å². The molecule has 0 atom stereocenters. The molecule has 0 unspecified atom stereocenters. The Balaban J connectivity index is 2.33. The highest BCUT2D eigenvalue weighted by atomic mass is 35.5. The van der Waals surface area contributed by atoms with Crippen LogP contribution in [0.1, 0.15) is 30.6 Å². The van der Waals surface area contributed by atoms with Crippen LogP contribution in [0, 0.1) is 5.92 Å². The Morgan fingerprint density at radius 3 is 2.60 bits per heavy atom. The van der Waals surface area contributed by atoms with Crippen molar-refractivity contribution in [3.63, 3.8) is 0 Å². The number of benzene rings is 1. The van der Waals surface area contributed by atoms with Crippen molar-refractivity contribution in [1.82, 2.24) is 9.88 Å². The van der Waals surface area contributed by atoms with Gasteiger partial charge in [0.15, 0.2) is 0 Å². The number of hydrogen-bond acceptors (Lipinski definition) is 2. The van der Waals surface area contributed by atoms with E-state index in [0.717, 1.165) is 23.7 Å². The van der Waals surface area contributed by atoms with E-state index in [-0.39, 0.29) is 5.91 Å². The Labute approximate surface area is 124 Å². The normalized spacial score (nSPS) is 11.1. The van der Waals surface area contributed by atoms with Crippen LogP contribution in [0.15, 0.2) is 30.5 Å². The minimum Gasteiger partial charge on any atom is -0.342 e. The van der Waals surface area contributed by atoms with Gasteiger partial charge in [0.25, 0.3) is 5.91 Å². The molecule has 1 aromatic heterocycles. The van der Waals surface area contributed by atoms with E-state index in [9.17, 15) is 4.79 Å². The van der Waals surface area contributed by atoms with Crippen LogP contribution in [0.4, 0.5) is 0 Å². The van der Waals surface area contributed by atoms with Crippen LogP contribution in [0.25, 0.3) is 10.8 Å². The maximum absolute atomic E-state index is 12.5. The third kappa shape index (κ3) is 3.10. The van der Waals surface area contributed by atoms with Gasteiger partial charge in [-0.2, -0.15) is 0 Å². The lowest BCUT2D eigenvalue weighted by atomic mass is 10.1. The van der Waals surface area contributed by atoms with Gasteiger partial charge in [-0.05, 0) is 17.7 Å². The third-order valence-electron chi connectivity index (χ3n) is 3.37. The van der Waals surface area contributed by atoms with Crippen LogP contribution in [-0.4, -0.2) is 29.4 Å². The number of rotatable bonds is 4. The molecule has 4 heteroatoms. The second-order valence-corrected chi connectivity index (χ2v) is 5.78. The van der Waals surface area contributed by atoms with Gasteiger partial charge in [-0.25, -0.2) is 4.98 Å². The monoisotopic (exact) mass is 290 g/mol. The van der Waals surface area contributed by atoms with Crippen molar-refractivity contribution in [1.29, 1.82) is 0 Å². The molecule has 2 rings (SSSR count). The molecule has 0 radical (unpaired) electrons. The quantitative estimate of drug-likeness (QED) is 0.797. The van der Waals surface area contributed by atoms with Crippen molar-refractivity contribution < 1.29 is 4.79 Å². The van der Waals surface area contributed by atoms with Gasteiger partial charge in [0.05, 0.1) is 5.56 Å². The van der Waals surface area contributed by atoms with Crippen LogP contribution in [-0.2, 0) is 0 Å². The Kier molecular flexibility index (Phi) is 4.61. The van der Waals surface area contributed by atoms with Crippen LogP contribution in [0.2, 0.25) is 5.15 Å². The fourth-order valence-corrected chi connectivity index (χ4v) is 2.30. The topological polar surface area (TPSA) is 33.2 Å². The molecule has 0 aliphatic heterocycles. The second kappa shape index (κ2) is 6.23. The lowest BCUT2D eigenvalue weighted by molar-refractivity contribution is 0.0790. The van der Waals surface area contributed by atoms with Gasteiger partial charge in [-0.3, -0.25) is 4.79 Å². The summed E-state index contributed by atoms with van der Waals surface area (Å²) in [7, 11) is 1.83. The highest BCUT2D eigenvalue weighted by molar-refractivity contribution is 6.34. The zero-order chi connectivity index (χ0) is 14.7. The minimum atomic E-state index is -0.00832. The van der Waals surface area contributed by atoms with Gasteiger partial charge in [0, 0.05) is 25.2 Å². The lowest BCUT2D eigenvalue weighted by Crippen LogP contribution is -2.28. The fourth-order valence-electron chi connectivity index (χ4n) is 2.09. The number of carbonyl (C=O) groups is 1. The molecule has 0 spiro atoms.